The summed E-state index contributed by atoms with van der Waals surface area (Å²) in [6.45, 7) is 0. The Morgan fingerprint density at radius 1 is 1.26 bits per heavy atom. The first kappa shape index (κ1) is 15.9. The first-order valence-electron chi connectivity index (χ1n) is 7.49. The van der Waals surface area contributed by atoms with Gasteiger partial charge in [0.25, 0.3) is 0 Å². The van der Waals surface area contributed by atoms with E-state index in [0.717, 1.165) is 32.1 Å². The molecule has 1 fully saturated rings. The first-order chi connectivity index (χ1) is 11.0. The Bertz CT molecular complexity index is 661. The zero-order valence-electron chi connectivity index (χ0n) is 12.9. The maximum absolute atomic E-state index is 14.2. The lowest BCUT2D eigenvalue weighted by Crippen LogP contribution is -2.58. The van der Waals surface area contributed by atoms with Crippen molar-refractivity contribution in [1.29, 1.82) is 0 Å². The number of ether oxygens (including phenoxy) is 1. The SMILES string of the molecule is COc1c(F)cc(N2C(N)=NC(N)=NC23CCCCC3)cc1Cl. The van der Waals surface area contributed by atoms with Crippen molar-refractivity contribution in [3.05, 3.63) is 23.0 Å². The zero-order valence-corrected chi connectivity index (χ0v) is 13.6. The number of rotatable bonds is 2. The minimum Gasteiger partial charge on any atom is -0.492 e. The zero-order chi connectivity index (χ0) is 16.6. The van der Waals surface area contributed by atoms with Crippen molar-refractivity contribution in [1.82, 2.24) is 0 Å². The highest BCUT2D eigenvalue weighted by Crippen LogP contribution is 2.41. The predicted octanol–water partition coefficient (Wildman–Crippen LogP) is 2.60. The summed E-state index contributed by atoms with van der Waals surface area (Å²) < 4.78 is 19.2. The van der Waals surface area contributed by atoms with Crippen molar-refractivity contribution in [2.75, 3.05) is 12.0 Å². The monoisotopic (exact) mass is 339 g/mol. The number of methoxy groups -OCH3 is 1. The van der Waals surface area contributed by atoms with Gasteiger partial charge in [-0.15, -0.1) is 0 Å². The number of guanidine groups is 2. The van der Waals surface area contributed by atoms with Crippen molar-refractivity contribution in [2.24, 2.45) is 21.5 Å². The fourth-order valence-electron chi connectivity index (χ4n) is 3.37. The Balaban J connectivity index is 2.10. The van der Waals surface area contributed by atoms with E-state index in [9.17, 15) is 4.39 Å². The van der Waals surface area contributed by atoms with Crippen LogP contribution >= 0.6 is 11.6 Å². The molecule has 6 nitrogen and oxygen atoms in total. The second kappa shape index (κ2) is 5.88. The van der Waals surface area contributed by atoms with Crippen molar-refractivity contribution in [3.8, 4) is 5.75 Å². The molecular formula is C15H19ClFN5O. The predicted molar refractivity (Wildman–Crippen MR) is 89.5 cm³/mol. The molecule has 3 rings (SSSR count). The molecule has 8 heteroatoms. The van der Waals surface area contributed by atoms with Crippen LogP contribution in [0.25, 0.3) is 0 Å². The van der Waals surface area contributed by atoms with Gasteiger partial charge in [0.2, 0.25) is 11.9 Å². The number of nitrogens with zero attached hydrogens (tertiary/aromatic N) is 3. The lowest BCUT2D eigenvalue weighted by Gasteiger charge is -2.45. The topological polar surface area (TPSA) is 89.2 Å². The third-order valence-corrected chi connectivity index (χ3v) is 4.58. The Hall–Kier alpha value is -2.02. The van der Waals surface area contributed by atoms with Gasteiger partial charge in [-0.05, 0) is 31.7 Å². The molecule has 0 amide bonds. The first-order valence-corrected chi connectivity index (χ1v) is 7.87. The van der Waals surface area contributed by atoms with E-state index in [1.807, 2.05) is 0 Å². The van der Waals surface area contributed by atoms with Gasteiger partial charge in [0.05, 0.1) is 17.8 Å². The molecule has 1 heterocycles. The second-order valence-corrected chi connectivity index (χ2v) is 6.17. The van der Waals surface area contributed by atoms with Gasteiger partial charge < -0.3 is 16.2 Å². The molecule has 0 radical (unpaired) electrons. The van der Waals surface area contributed by atoms with Crippen molar-refractivity contribution < 1.29 is 9.13 Å². The smallest absolute Gasteiger partial charge is 0.220 e. The second-order valence-electron chi connectivity index (χ2n) is 5.76. The highest BCUT2D eigenvalue weighted by Gasteiger charge is 2.42. The summed E-state index contributed by atoms with van der Waals surface area (Å²) >= 11 is 6.12. The number of halogens is 2. The van der Waals surface area contributed by atoms with Gasteiger partial charge in [-0.25, -0.2) is 9.38 Å². The summed E-state index contributed by atoms with van der Waals surface area (Å²) in [5.74, 6) is -0.208. The summed E-state index contributed by atoms with van der Waals surface area (Å²) in [5.41, 5.74) is 11.8. The third kappa shape index (κ3) is 2.69. The normalized spacial score (nSPS) is 20.2. The molecule has 0 unspecified atom stereocenters. The van der Waals surface area contributed by atoms with Crippen LogP contribution in [0.4, 0.5) is 10.1 Å². The summed E-state index contributed by atoms with van der Waals surface area (Å²) in [4.78, 5) is 10.3. The average molecular weight is 340 g/mol. The highest BCUT2D eigenvalue weighted by molar-refractivity contribution is 6.32. The summed E-state index contributed by atoms with van der Waals surface area (Å²) in [6, 6.07) is 2.94. The molecule has 0 atom stereocenters. The van der Waals surface area contributed by atoms with Gasteiger partial charge in [-0.2, -0.15) is 4.99 Å². The van der Waals surface area contributed by atoms with Gasteiger partial charge in [-0.1, -0.05) is 18.0 Å². The third-order valence-electron chi connectivity index (χ3n) is 4.30. The minimum absolute atomic E-state index is 0.00338. The van der Waals surface area contributed by atoms with E-state index in [-0.39, 0.29) is 22.7 Å². The fraction of sp³-hybridized carbons (Fsp3) is 0.467. The van der Waals surface area contributed by atoms with Gasteiger partial charge >= 0.3 is 0 Å². The molecule has 1 aliphatic heterocycles. The molecule has 124 valence electrons. The van der Waals surface area contributed by atoms with Crippen molar-refractivity contribution in [2.45, 2.75) is 37.8 Å². The van der Waals surface area contributed by atoms with E-state index in [1.54, 1.807) is 11.0 Å². The van der Waals surface area contributed by atoms with Gasteiger partial charge in [0.15, 0.2) is 11.6 Å². The van der Waals surface area contributed by atoms with Gasteiger partial charge in [0, 0.05) is 6.07 Å². The lowest BCUT2D eigenvalue weighted by molar-refractivity contribution is 0.305. The van der Waals surface area contributed by atoms with E-state index in [4.69, 9.17) is 27.8 Å². The standard InChI is InChI=1S/C15H19ClFN5O/c1-23-12-10(16)7-9(8-11(12)17)22-14(19)20-13(18)21-15(22)5-3-2-4-6-15/h7-8H,2-6H2,1H3,(H4,18,19,20,21). The molecule has 1 aliphatic carbocycles. The Morgan fingerprint density at radius 3 is 2.57 bits per heavy atom. The largest absolute Gasteiger partial charge is 0.492 e. The van der Waals surface area contributed by atoms with Crippen LogP contribution in [0.15, 0.2) is 22.1 Å². The van der Waals surface area contributed by atoms with Crippen LogP contribution in [0, 0.1) is 5.82 Å². The molecule has 4 N–H and O–H groups in total. The minimum atomic E-state index is -0.626. The maximum Gasteiger partial charge on any atom is 0.220 e. The number of nitrogens with two attached hydrogens (primary N) is 2. The number of hydrogen-bond donors (Lipinski definition) is 2. The van der Waals surface area contributed by atoms with Crippen LogP contribution in [0.2, 0.25) is 5.02 Å². The molecule has 1 saturated carbocycles. The van der Waals surface area contributed by atoms with E-state index in [2.05, 4.69) is 9.98 Å². The van der Waals surface area contributed by atoms with Crippen LogP contribution in [-0.4, -0.2) is 24.7 Å². The fourth-order valence-corrected chi connectivity index (χ4v) is 3.64. The Morgan fingerprint density at radius 2 is 1.96 bits per heavy atom. The molecule has 0 aromatic heterocycles. The summed E-state index contributed by atoms with van der Waals surface area (Å²) in [5, 5.41) is 0.170. The molecule has 1 aromatic rings. The Kier molecular flexibility index (Phi) is 4.06. The van der Waals surface area contributed by atoms with E-state index >= 15 is 0 Å². The van der Waals surface area contributed by atoms with Gasteiger partial charge in [0.1, 0.15) is 5.66 Å². The van der Waals surface area contributed by atoms with E-state index in [1.165, 1.54) is 13.2 Å². The molecule has 0 bridgehead atoms. The van der Waals surface area contributed by atoms with E-state index < -0.39 is 11.5 Å². The van der Waals surface area contributed by atoms with Crippen LogP contribution in [0.5, 0.6) is 5.75 Å². The summed E-state index contributed by atoms with van der Waals surface area (Å²) in [6.07, 6.45) is 4.66. The molecule has 1 spiro atoms. The van der Waals surface area contributed by atoms with Crippen molar-refractivity contribution >= 4 is 29.2 Å². The average Bonchev–Trinajstić information content (AvgIpc) is 2.46. The summed E-state index contributed by atoms with van der Waals surface area (Å²) in [7, 11) is 1.37. The quantitative estimate of drug-likeness (QED) is 0.866. The van der Waals surface area contributed by atoms with E-state index in [0.29, 0.717) is 5.69 Å². The highest BCUT2D eigenvalue weighted by atomic mass is 35.5. The van der Waals surface area contributed by atoms with Crippen LogP contribution in [0.3, 0.4) is 0 Å². The number of benzene rings is 1. The molecule has 0 saturated heterocycles. The van der Waals surface area contributed by atoms with Crippen LogP contribution in [0.1, 0.15) is 32.1 Å². The van der Waals surface area contributed by atoms with Gasteiger partial charge in [-0.3, -0.25) is 4.90 Å². The Labute approximate surface area is 139 Å². The molecular weight excluding hydrogens is 321 g/mol. The van der Waals surface area contributed by atoms with Crippen molar-refractivity contribution in [3.63, 3.8) is 0 Å². The molecule has 2 aliphatic rings. The lowest BCUT2D eigenvalue weighted by atomic mass is 9.87. The number of aliphatic imine (C=N–C) groups is 2. The van der Waals surface area contributed by atoms with Crippen LogP contribution in [-0.2, 0) is 0 Å². The maximum atomic E-state index is 14.2. The molecule has 1 aromatic carbocycles. The van der Waals surface area contributed by atoms with Crippen LogP contribution < -0.4 is 21.1 Å². The number of anilines is 1. The number of hydrogen-bond acceptors (Lipinski definition) is 6. The molecule has 23 heavy (non-hydrogen) atoms.